The van der Waals surface area contributed by atoms with E-state index >= 15 is 0 Å². The van der Waals surface area contributed by atoms with Gasteiger partial charge in [0.2, 0.25) is 0 Å². The predicted molar refractivity (Wildman–Crippen MR) is 92.4 cm³/mol. The second kappa shape index (κ2) is 6.95. The van der Waals surface area contributed by atoms with Gasteiger partial charge in [-0.15, -0.1) is 11.3 Å². The van der Waals surface area contributed by atoms with Gasteiger partial charge in [0, 0.05) is 42.9 Å². The topological polar surface area (TPSA) is 57.8 Å². The zero-order valence-corrected chi connectivity index (χ0v) is 13.9. The minimum absolute atomic E-state index is 0.207. The molecule has 2 N–H and O–H groups in total. The molecule has 1 aliphatic rings. The van der Waals surface area contributed by atoms with Crippen molar-refractivity contribution in [1.82, 2.24) is 9.88 Å². The molecule has 1 fully saturated rings. The highest BCUT2D eigenvalue weighted by molar-refractivity contribution is 7.09. The van der Waals surface area contributed by atoms with E-state index in [1.54, 1.807) is 11.3 Å². The quantitative estimate of drug-likeness (QED) is 0.691. The second-order valence-corrected chi connectivity index (χ2v) is 6.45. The lowest BCUT2D eigenvalue weighted by Gasteiger charge is -2.36. The van der Waals surface area contributed by atoms with Crippen molar-refractivity contribution in [2.45, 2.75) is 13.5 Å². The molecule has 0 radical (unpaired) electrons. The predicted octanol–water partition coefficient (Wildman–Crippen LogP) is 2.23. The summed E-state index contributed by atoms with van der Waals surface area (Å²) in [6, 6.07) is 6.61. The Hall–Kier alpha value is -2.15. The van der Waals surface area contributed by atoms with Crippen LogP contribution in [0.15, 0.2) is 34.6 Å². The first-order chi connectivity index (χ1) is 11.1. The fraction of sp³-hybridized carbons (Fsp3) is 0.375. The van der Waals surface area contributed by atoms with Gasteiger partial charge in [-0.2, -0.15) is 0 Å². The summed E-state index contributed by atoms with van der Waals surface area (Å²) in [5.41, 5.74) is 8.15. The number of hydrogen-bond acceptors (Lipinski definition) is 4. The molecule has 1 saturated heterocycles. The number of piperazine rings is 1. The SMILES string of the molecule is Cc1csc(CN=C(N)N2CCN(c3ccc(F)cc3)CC2)n1. The molecular weight excluding hydrogens is 313 g/mol. The van der Waals surface area contributed by atoms with Crippen LogP contribution in [0.2, 0.25) is 0 Å². The summed E-state index contributed by atoms with van der Waals surface area (Å²) in [5.74, 6) is 0.359. The van der Waals surface area contributed by atoms with E-state index in [0.29, 0.717) is 12.5 Å². The standard InChI is InChI=1S/C16H20FN5S/c1-12-11-23-15(20-12)10-19-16(18)22-8-6-21(7-9-22)14-4-2-13(17)3-5-14/h2-5,11H,6-10H2,1H3,(H2,18,19). The van der Waals surface area contributed by atoms with Gasteiger partial charge < -0.3 is 15.5 Å². The van der Waals surface area contributed by atoms with Crippen LogP contribution >= 0.6 is 11.3 Å². The maximum absolute atomic E-state index is 13.0. The average Bonchev–Trinajstić information content (AvgIpc) is 2.99. The zero-order chi connectivity index (χ0) is 16.2. The largest absolute Gasteiger partial charge is 0.370 e. The fourth-order valence-corrected chi connectivity index (χ4v) is 3.26. The van der Waals surface area contributed by atoms with Crippen molar-refractivity contribution >= 4 is 23.0 Å². The number of guanidine groups is 1. The van der Waals surface area contributed by atoms with Crippen LogP contribution in [0.3, 0.4) is 0 Å². The van der Waals surface area contributed by atoms with E-state index in [1.807, 2.05) is 24.4 Å². The molecule has 0 amide bonds. The van der Waals surface area contributed by atoms with Gasteiger partial charge >= 0.3 is 0 Å². The van der Waals surface area contributed by atoms with Crippen LogP contribution in [0.1, 0.15) is 10.7 Å². The molecule has 0 aliphatic carbocycles. The molecule has 0 bridgehead atoms. The summed E-state index contributed by atoms with van der Waals surface area (Å²) in [6.07, 6.45) is 0. The van der Waals surface area contributed by atoms with E-state index in [-0.39, 0.29) is 5.82 Å². The summed E-state index contributed by atoms with van der Waals surface area (Å²) in [6.45, 7) is 5.81. The molecule has 7 heteroatoms. The number of thiazole rings is 1. The summed E-state index contributed by atoms with van der Waals surface area (Å²) in [4.78, 5) is 13.1. The molecule has 23 heavy (non-hydrogen) atoms. The van der Waals surface area contributed by atoms with E-state index in [9.17, 15) is 4.39 Å². The number of hydrogen-bond donors (Lipinski definition) is 1. The molecule has 1 aromatic carbocycles. The smallest absolute Gasteiger partial charge is 0.191 e. The number of halogens is 1. The third kappa shape index (κ3) is 3.98. The Morgan fingerprint density at radius 3 is 2.57 bits per heavy atom. The fourth-order valence-electron chi connectivity index (χ4n) is 2.57. The molecule has 2 heterocycles. The van der Waals surface area contributed by atoms with Gasteiger partial charge in [-0.1, -0.05) is 0 Å². The van der Waals surface area contributed by atoms with Crippen molar-refractivity contribution in [3.63, 3.8) is 0 Å². The maximum atomic E-state index is 13.0. The Morgan fingerprint density at radius 1 is 1.26 bits per heavy atom. The minimum Gasteiger partial charge on any atom is -0.370 e. The number of aromatic nitrogens is 1. The molecule has 3 rings (SSSR count). The lowest BCUT2D eigenvalue weighted by molar-refractivity contribution is 0.380. The molecule has 0 atom stereocenters. The van der Waals surface area contributed by atoms with Gasteiger partial charge in [0.1, 0.15) is 10.8 Å². The lowest BCUT2D eigenvalue weighted by atomic mass is 10.2. The molecule has 1 aliphatic heterocycles. The van der Waals surface area contributed by atoms with Gasteiger partial charge in [-0.05, 0) is 31.2 Å². The normalized spacial score (nSPS) is 16.0. The Kier molecular flexibility index (Phi) is 4.76. The number of nitrogens with two attached hydrogens (primary N) is 1. The summed E-state index contributed by atoms with van der Waals surface area (Å²) in [7, 11) is 0. The van der Waals surface area contributed by atoms with Crippen molar-refractivity contribution < 1.29 is 4.39 Å². The monoisotopic (exact) mass is 333 g/mol. The molecule has 5 nitrogen and oxygen atoms in total. The van der Waals surface area contributed by atoms with Gasteiger partial charge in [-0.3, -0.25) is 0 Å². The zero-order valence-electron chi connectivity index (χ0n) is 13.1. The number of benzene rings is 1. The van der Waals surface area contributed by atoms with Crippen molar-refractivity contribution in [3.8, 4) is 0 Å². The summed E-state index contributed by atoms with van der Waals surface area (Å²) >= 11 is 1.61. The third-order valence-corrected chi connectivity index (χ3v) is 4.79. The van der Waals surface area contributed by atoms with Gasteiger partial charge in [0.15, 0.2) is 5.96 Å². The first-order valence-electron chi connectivity index (χ1n) is 7.58. The van der Waals surface area contributed by atoms with E-state index in [1.165, 1.54) is 12.1 Å². The summed E-state index contributed by atoms with van der Waals surface area (Å²) < 4.78 is 13.0. The van der Waals surface area contributed by atoms with Crippen molar-refractivity contribution in [3.05, 3.63) is 46.2 Å². The molecule has 122 valence electrons. The summed E-state index contributed by atoms with van der Waals surface area (Å²) in [5, 5.41) is 3.00. The van der Waals surface area contributed by atoms with Crippen LogP contribution < -0.4 is 10.6 Å². The highest BCUT2D eigenvalue weighted by Crippen LogP contribution is 2.17. The van der Waals surface area contributed by atoms with Crippen molar-refractivity contribution in [1.29, 1.82) is 0 Å². The number of aryl methyl sites for hydroxylation is 1. The molecule has 0 saturated carbocycles. The first kappa shape index (κ1) is 15.7. The Bertz CT molecular complexity index is 674. The lowest BCUT2D eigenvalue weighted by Crippen LogP contribution is -2.51. The molecule has 0 spiro atoms. The van der Waals surface area contributed by atoms with Crippen LogP contribution in [0, 0.1) is 12.7 Å². The van der Waals surface area contributed by atoms with Gasteiger partial charge in [0.05, 0.1) is 6.54 Å². The number of anilines is 1. The second-order valence-electron chi connectivity index (χ2n) is 5.51. The number of rotatable bonds is 3. The van der Waals surface area contributed by atoms with E-state index < -0.39 is 0 Å². The van der Waals surface area contributed by atoms with Crippen LogP contribution in [0.4, 0.5) is 10.1 Å². The highest BCUT2D eigenvalue weighted by atomic mass is 32.1. The van der Waals surface area contributed by atoms with Crippen molar-refractivity contribution in [2.24, 2.45) is 10.7 Å². The van der Waals surface area contributed by atoms with E-state index in [2.05, 4.69) is 19.8 Å². The first-order valence-corrected chi connectivity index (χ1v) is 8.46. The molecule has 0 unspecified atom stereocenters. The van der Waals surface area contributed by atoms with Crippen LogP contribution in [-0.2, 0) is 6.54 Å². The van der Waals surface area contributed by atoms with Crippen molar-refractivity contribution in [2.75, 3.05) is 31.1 Å². The van der Waals surface area contributed by atoms with Gasteiger partial charge in [0.25, 0.3) is 0 Å². The molecule has 2 aromatic rings. The highest BCUT2D eigenvalue weighted by Gasteiger charge is 2.18. The Morgan fingerprint density at radius 2 is 1.96 bits per heavy atom. The number of aliphatic imine (C=N–C) groups is 1. The Labute approximate surface area is 139 Å². The van der Waals surface area contributed by atoms with Crippen LogP contribution in [0.25, 0.3) is 0 Å². The molecule has 1 aromatic heterocycles. The minimum atomic E-state index is -0.207. The maximum Gasteiger partial charge on any atom is 0.191 e. The van der Waals surface area contributed by atoms with Crippen LogP contribution in [-0.4, -0.2) is 42.0 Å². The Balaban J connectivity index is 1.54. The molecular formula is C16H20FN5S. The van der Waals surface area contributed by atoms with E-state index in [0.717, 1.165) is 42.6 Å². The van der Waals surface area contributed by atoms with Crippen LogP contribution in [0.5, 0.6) is 0 Å². The van der Waals surface area contributed by atoms with Gasteiger partial charge in [-0.25, -0.2) is 14.4 Å². The average molecular weight is 333 g/mol. The van der Waals surface area contributed by atoms with E-state index in [4.69, 9.17) is 5.73 Å². The third-order valence-electron chi connectivity index (χ3n) is 3.84. The number of nitrogens with zero attached hydrogens (tertiary/aromatic N) is 4.